The summed E-state index contributed by atoms with van der Waals surface area (Å²) in [5, 5.41) is 25.4. The van der Waals surface area contributed by atoms with Gasteiger partial charge in [0.05, 0.1) is 19.8 Å². The Kier molecular flexibility index (Phi) is 8.14. The van der Waals surface area contributed by atoms with E-state index in [-0.39, 0.29) is 26.4 Å². The first-order valence-electron chi connectivity index (χ1n) is 4.08. The second kappa shape index (κ2) is 8.70. The smallest absolute Gasteiger partial charge is 0.413 e. The number of amides is 1. The zero-order valence-electron chi connectivity index (χ0n) is 7.76. The SMILES string of the molecule is O=C(OCCOCCO)N(CO)CO. The van der Waals surface area contributed by atoms with Crippen LogP contribution in [-0.4, -0.2) is 66.2 Å². The molecule has 0 aliphatic rings. The molecule has 0 aliphatic carbocycles. The molecule has 1 amide bonds. The summed E-state index contributed by atoms with van der Waals surface area (Å²) >= 11 is 0. The summed E-state index contributed by atoms with van der Waals surface area (Å²) in [5.74, 6) is 0. The Balaban J connectivity index is 3.43. The number of carbonyl (C=O) groups excluding carboxylic acids is 1. The highest BCUT2D eigenvalue weighted by molar-refractivity contribution is 5.67. The Bertz CT molecular complexity index is 149. The van der Waals surface area contributed by atoms with Crippen LogP contribution in [0.25, 0.3) is 0 Å². The van der Waals surface area contributed by atoms with Crippen LogP contribution in [-0.2, 0) is 9.47 Å². The monoisotopic (exact) mass is 209 g/mol. The first-order chi connectivity index (χ1) is 6.76. The van der Waals surface area contributed by atoms with Gasteiger partial charge in [0.15, 0.2) is 0 Å². The van der Waals surface area contributed by atoms with Gasteiger partial charge in [0.1, 0.15) is 20.1 Å². The highest BCUT2D eigenvalue weighted by Crippen LogP contribution is 1.90. The van der Waals surface area contributed by atoms with Crippen LogP contribution >= 0.6 is 0 Å². The van der Waals surface area contributed by atoms with Crippen LogP contribution in [0.1, 0.15) is 0 Å². The molecular weight excluding hydrogens is 194 g/mol. The van der Waals surface area contributed by atoms with E-state index in [0.29, 0.717) is 4.90 Å². The molecule has 0 aromatic rings. The maximum atomic E-state index is 10.9. The number of nitrogens with zero attached hydrogens (tertiary/aromatic N) is 1. The molecule has 0 atom stereocenters. The average Bonchev–Trinajstić information content (AvgIpc) is 2.19. The molecule has 0 aromatic heterocycles. The Morgan fingerprint density at radius 2 is 1.71 bits per heavy atom. The van der Waals surface area contributed by atoms with Crippen molar-refractivity contribution in [3.8, 4) is 0 Å². The van der Waals surface area contributed by atoms with Gasteiger partial charge in [0.25, 0.3) is 0 Å². The first kappa shape index (κ1) is 13.1. The molecule has 3 N–H and O–H groups in total. The molecule has 84 valence electrons. The maximum absolute atomic E-state index is 10.9. The van der Waals surface area contributed by atoms with Gasteiger partial charge < -0.3 is 24.8 Å². The van der Waals surface area contributed by atoms with Crippen LogP contribution in [0.3, 0.4) is 0 Å². The highest BCUT2D eigenvalue weighted by Gasteiger charge is 2.11. The molecule has 0 spiro atoms. The van der Waals surface area contributed by atoms with Crippen LogP contribution in [0.4, 0.5) is 4.79 Å². The summed E-state index contributed by atoms with van der Waals surface area (Å²) in [6.45, 7) is -0.944. The molecule has 14 heavy (non-hydrogen) atoms. The largest absolute Gasteiger partial charge is 0.447 e. The van der Waals surface area contributed by atoms with Gasteiger partial charge in [-0.05, 0) is 0 Å². The molecule has 0 heterocycles. The number of rotatable bonds is 7. The second-order valence-corrected chi connectivity index (χ2v) is 2.27. The lowest BCUT2D eigenvalue weighted by Crippen LogP contribution is -2.33. The Morgan fingerprint density at radius 1 is 1.07 bits per heavy atom. The van der Waals surface area contributed by atoms with Crippen molar-refractivity contribution in [3.63, 3.8) is 0 Å². The molecule has 0 rings (SSSR count). The van der Waals surface area contributed by atoms with E-state index >= 15 is 0 Å². The number of aliphatic hydroxyl groups excluding tert-OH is 3. The minimum atomic E-state index is -0.817. The quantitative estimate of drug-likeness (QED) is 0.342. The van der Waals surface area contributed by atoms with E-state index in [1.807, 2.05) is 0 Å². The van der Waals surface area contributed by atoms with E-state index in [1.54, 1.807) is 0 Å². The molecule has 0 saturated heterocycles. The predicted octanol–water partition coefficient (Wildman–Crippen LogP) is -1.67. The Hall–Kier alpha value is -0.890. The maximum Gasteiger partial charge on any atom is 0.413 e. The minimum Gasteiger partial charge on any atom is -0.447 e. The molecule has 7 heteroatoms. The van der Waals surface area contributed by atoms with Crippen molar-refractivity contribution in [1.82, 2.24) is 4.90 Å². The van der Waals surface area contributed by atoms with Gasteiger partial charge in [0.2, 0.25) is 0 Å². The fraction of sp³-hybridized carbons (Fsp3) is 0.857. The van der Waals surface area contributed by atoms with Crippen LogP contribution < -0.4 is 0 Å². The summed E-state index contributed by atoms with van der Waals surface area (Å²) in [4.78, 5) is 11.6. The molecule has 7 nitrogen and oxygen atoms in total. The van der Waals surface area contributed by atoms with Crippen molar-refractivity contribution < 1.29 is 29.6 Å². The summed E-state index contributed by atoms with van der Waals surface area (Å²) in [5.41, 5.74) is 0. The van der Waals surface area contributed by atoms with Crippen molar-refractivity contribution in [1.29, 1.82) is 0 Å². The van der Waals surface area contributed by atoms with E-state index in [0.717, 1.165) is 0 Å². The fourth-order valence-corrected chi connectivity index (χ4v) is 0.606. The van der Waals surface area contributed by atoms with Crippen molar-refractivity contribution in [2.45, 2.75) is 0 Å². The van der Waals surface area contributed by atoms with Gasteiger partial charge in [-0.15, -0.1) is 0 Å². The van der Waals surface area contributed by atoms with Gasteiger partial charge in [-0.3, -0.25) is 4.90 Å². The number of ether oxygens (including phenoxy) is 2. The molecular formula is C7H15NO6. The molecule has 0 unspecified atom stereocenters. The molecule has 0 saturated carbocycles. The summed E-state index contributed by atoms with van der Waals surface area (Å²) < 4.78 is 9.40. The van der Waals surface area contributed by atoms with Crippen molar-refractivity contribution in [2.75, 3.05) is 39.9 Å². The van der Waals surface area contributed by atoms with Crippen LogP contribution in [0.2, 0.25) is 0 Å². The molecule has 0 radical (unpaired) electrons. The van der Waals surface area contributed by atoms with E-state index in [1.165, 1.54) is 0 Å². The van der Waals surface area contributed by atoms with Crippen molar-refractivity contribution in [3.05, 3.63) is 0 Å². The Labute approximate surface area is 81.5 Å². The van der Waals surface area contributed by atoms with E-state index in [9.17, 15) is 4.79 Å². The fourth-order valence-electron chi connectivity index (χ4n) is 0.606. The summed E-state index contributed by atoms with van der Waals surface area (Å²) in [6.07, 6.45) is -0.817. The molecule has 0 aliphatic heterocycles. The van der Waals surface area contributed by atoms with E-state index < -0.39 is 19.6 Å². The van der Waals surface area contributed by atoms with Crippen molar-refractivity contribution >= 4 is 6.09 Å². The van der Waals surface area contributed by atoms with Gasteiger partial charge in [-0.1, -0.05) is 0 Å². The minimum absolute atomic E-state index is 0.00926. The standard InChI is InChI=1S/C7H15NO6/c9-1-2-13-3-4-14-7(12)8(5-10)6-11/h9-11H,1-6H2. The molecule has 0 bridgehead atoms. The lowest BCUT2D eigenvalue weighted by molar-refractivity contribution is 0.00294. The van der Waals surface area contributed by atoms with Gasteiger partial charge in [-0.25, -0.2) is 4.79 Å². The lowest BCUT2D eigenvalue weighted by atomic mass is 10.7. The van der Waals surface area contributed by atoms with Crippen LogP contribution in [0.5, 0.6) is 0 Å². The van der Waals surface area contributed by atoms with Crippen LogP contribution in [0.15, 0.2) is 0 Å². The number of hydrogen-bond acceptors (Lipinski definition) is 6. The predicted molar refractivity (Wildman–Crippen MR) is 45.3 cm³/mol. The number of carbonyl (C=O) groups is 1. The van der Waals surface area contributed by atoms with Gasteiger partial charge in [-0.2, -0.15) is 0 Å². The third-order valence-corrected chi connectivity index (χ3v) is 1.29. The highest BCUT2D eigenvalue weighted by atomic mass is 16.6. The first-order valence-corrected chi connectivity index (χ1v) is 4.08. The topological polar surface area (TPSA) is 99.5 Å². The zero-order valence-corrected chi connectivity index (χ0v) is 7.76. The second-order valence-electron chi connectivity index (χ2n) is 2.27. The third-order valence-electron chi connectivity index (χ3n) is 1.29. The zero-order chi connectivity index (χ0) is 10.8. The van der Waals surface area contributed by atoms with Crippen molar-refractivity contribution in [2.24, 2.45) is 0 Å². The third kappa shape index (κ3) is 5.70. The lowest BCUT2D eigenvalue weighted by Gasteiger charge is -2.16. The van der Waals surface area contributed by atoms with Gasteiger partial charge in [0, 0.05) is 0 Å². The van der Waals surface area contributed by atoms with Gasteiger partial charge >= 0.3 is 6.09 Å². The number of hydrogen-bond donors (Lipinski definition) is 3. The average molecular weight is 209 g/mol. The van der Waals surface area contributed by atoms with E-state index in [2.05, 4.69) is 4.74 Å². The van der Waals surface area contributed by atoms with Crippen LogP contribution in [0, 0.1) is 0 Å². The Morgan fingerprint density at radius 3 is 2.21 bits per heavy atom. The normalized spacial score (nSPS) is 9.93. The number of aliphatic hydroxyl groups is 3. The van der Waals surface area contributed by atoms with E-state index in [4.69, 9.17) is 20.1 Å². The molecule has 0 fully saturated rings. The molecule has 0 aromatic carbocycles. The summed E-state index contributed by atoms with van der Waals surface area (Å²) in [6, 6.07) is 0. The summed E-state index contributed by atoms with van der Waals surface area (Å²) in [7, 11) is 0.